The van der Waals surface area contributed by atoms with Crippen molar-refractivity contribution in [3.05, 3.63) is 23.3 Å². The zero-order valence-electron chi connectivity index (χ0n) is 8.75. The molecule has 0 aliphatic carbocycles. The Morgan fingerprint density at radius 2 is 1.77 bits per heavy atom. The van der Waals surface area contributed by atoms with Crippen molar-refractivity contribution in [2.45, 2.75) is 39.9 Å². The summed E-state index contributed by atoms with van der Waals surface area (Å²) in [4.78, 5) is 0. The Balaban J connectivity index is 3.67. The summed E-state index contributed by atoms with van der Waals surface area (Å²) in [5.74, 6) is 0. The summed E-state index contributed by atoms with van der Waals surface area (Å²) >= 11 is 0. The number of allylic oxidation sites excluding steroid dienone is 4. The zero-order chi connectivity index (χ0) is 10.3. The molecule has 0 radical (unpaired) electrons. The lowest BCUT2D eigenvalue weighted by Gasteiger charge is -1.98. The SMILES string of the molecule is CC(C)=CCC/C(C)=C\CB(O)O. The average molecular weight is 182 g/mol. The molecule has 0 aromatic heterocycles. The van der Waals surface area contributed by atoms with Crippen LogP contribution in [-0.4, -0.2) is 17.2 Å². The summed E-state index contributed by atoms with van der Waals surface area (Å²) in [6.07, 6.45) is 6.43. The second-order valence-electron chi connectivity index (χ2n) is 3.59. The van der Waals surface area contributed by atoms with E-state index in [1.54, 1.807) is 0 Å². The van der Waals surface area contributed by atoms with Gasteiger partial charge < -0.3 is 10.0 Å². The first-order valence-electron chi connectivity index (χ1n) is 4.67. The second kappa shape index (κ2) is 6.93. The lowest BCUT2D eigenvalue weighted by atomic mass is 9.85. The Labute approximate surface area is 81.1 Å². The molecule has 13 heavy (non-hydrogen) atoms. The predicted molar refractivity (Wildman–Crippen MR) is 57.4 cm³/mol. The highest BCUT2D eigenvalue weighted by molar-refractivity contribution is 6.41. The fraction of sp³-hybridized carbons (Fsp3) is 0.600. The van der Waals surface area contributed by atoms with Gasteiger partial charge in [-0.1, -0.05) is 23.3 Å². The number of hydrogen-bond donors (Lipinski definition) is 2. The van der Waals surface area contributed by atoms with Crippen molar-refractivity contribution in [2.75, 3.05) is 0 Å². The third kappa shape index (κ3) is 9.38. The molecule has 0 unspecified atom stereocenters. The molecular weight excluding hydrogens is 163 g/mol. The van der Waals surface area contributed by atoms with E-state index in [9.17, 15) is 0 Å². The van der Waals surface area contributed by atoms with Crippen LogP contribution in [0.25, 0.3) is 0 Å². The third-order valence-corrected chi connectivity index (χ3v) is 1.77. The maximum absolute atomic E-state index is 8.61. The average Bonchev–Trinajstić information content (AvgIpc) is 2.00. The van der Waals surface area contributed by atoms with Crippen LogP contribution in [0.2, 0.25) is 6.32 Å². The van der Waals surface area contributed by atoms with Gasteiger partial charge in [0.1, 0.15) is 0 Å². The molecule has 0 saturated carbocycles. The highest BCUT2D eigenvalue weighted by Crippen LogP contribution is 2.07. The predicted octanol–water partition coefficient (Wildman–Crippen LogP) is 2.15. The molecule has 0 atom stereocenters. The van der Waals surface area contributed by atoms with Gasteiger partial charge in [-0.05, 0) is 33.6 Å². The van der Waals surface area contributed by atoms with Crippen LogP contribution in [0.15, 0.2) is 23.3 Å². The van der Waals surface area contributed by atoms with Crippen LogP contribution in [0.5, 0.6) is 0 Å². The van der Waals surface area contributed by atoms with Crippen molar-refractivity contribution >= 4 is 7.12 Å². The smallest absolute Gasteiger partial charge is 0.427 e. The summed E-state index contributed by atoms with van der Waals surface area (Å²) in [6.45, 7) is 6.17. The minimum Gasteiger partial charge on any atom is -0.427 e. The molecule has 0 aromatic rings. The van der Waals surface area contributed by atoms with E-state index < -0.39 is 7.12 Å². The van der Waals surface area contributed by atoms with Gasteiger partial charge >= 0.3 is 7.12 Å². The minimum absolute atomic E-state index is 0.334. The van der Waals surface area contributed by atoms with E-state index in [2.05, 4.69) is 19.9 Å². The quantitative estimate of drug-likeness (QED) is 0.505. The van der Waals surface area contributed by atoms with E-state index >= 15 is 0 Å². The standard InChI is InChI=1S/C10H19BO2/c1-9(2)5-4-6-10(3)7-8-11(12)13/h5,7,12-13H,4,6,8H2,1-3H3/b10-7-. The first-order chi connectivity index (χ1) is 6.02. The van der Waals surface area contributed by atoms with Crippen LogP contribution >= 0.6 is 0 Å². The van der Waals surface area contributed by atoms with Gasteiger partial charge in [0, 0.05) is 6.32 Å². The molecule has 0 aliphatic rings. The minimum atomic E-state index is -1.21. The highest BCUT2D eigenvalue weighted by Gasteiger charge is 2.02. The summed E-state index contributed by atoms with van der Waals surface area (Å²) < 4.78 is 0. The second-order valence-corrected chi connectivity index (χ2v) is 3.59. The van der Waals surface area contributed by atoms with Crippen LogP contribution in [0.1, 0.15) is 33.6 Å². The van der Waals surface area contributed by atoms with E-state index in [4.69, 9.17) is 10.0 Å². The van der Waals surface area contributed by atoms with E-state index in [-0.39, 0.29) is 0 Å². The molecule has 2 N–H and O–H groups in total. The fourth-order valence-corrected chi connectivity index (χ4v) is 0.997. The fourth-order valence-electron chi connectivity index (χ4n) is 0.997. The first kappa shape index (κ1) is 12.5. The monoisotopic (exact) mass is 182 g/mol. The maximum Gasteiger partial charge on any atom is 0.455 e. The van der Waals surface area contributed by atoms with Gasteiger partial charge in [-0.15, -0.1) is 0 Å². The Bertz CT molecular complexity index is 191. The third-order valence-electron chi connectivity index (χ3n) is 1.77. The summed E-state index contributed by atoms with van der Waals surface area (Å²) in [6, 6.07) is 0. The highest BCUT2D eigenvalue weighted by atomic mass is 16.4. The number of rotatable bonds is 5. The van der Waals surface area contributed by atoms with Gasteiger partial charge in [0.25, 0.3) is 0 Å². The van der Waals surface area contributed by atoms with Gasteiger partial charge in [-0.2, -0.15) is 0 Å². The van der Waals surface area contributed by atoms with E-state index in [1.807, 2.05) is 13.0 Å². The lowest BCUT2D eigenvalue weighted by molar-refractivity contribution is 0.411. The molecule has 0 aliphatic heterocycles. The Hall–Kier alpha value is -0.535. The molecule has 74 valence electrons. The van der Waals surface area contributed by atoms with Gasteiger partial charge in [0.05, 0.1) is 0 Å². The molecule has 3 heteroatoms. The topological polar surface area (TPSA) is 40.5 Å². The molecule has 0 spiro atoms. The molecule has 0 amide bonds. The van der Waals surface area contributed by atoms with Crippen LogP contribution in [0.4, 0.5) is 0 Å². The van der Waals surface area contributed by atoms with Crippen LogP contribution < -0.4 is 0 Å². The van der Waals surface area contributed by atoms with Gasteiger partial charge in [-0.3, -0.25) is 0 Å². The van der Waals surface area contributed by atoms with E-state index in [1.165, 1.54) is 11.1 Å². The van der Waals surface area contributed by atoms with Crippen molar-refractivity contribution in [2.24, 2.45) is 0 Å². The number of hydrogen-bond acceptors (Lipinski definition) is 2. The molecule has 2 nitrogen and oxygen atoms in total. The van der Waals surface area contributed by atoms with Crippen molar-refractivity contribution in [3.63, 3.8) is 0 Å². The molecule has 0 bridgehead atoms. The summed E-state index contributed by atoms with van der Waals surface area (Å²) in [5, 5.41) is 17.2. The van der Waals surface area contributed by atoms with E-state index in [0.29, 0.717) is 6.32 Å². The van der Waals surface area contributed by atoms with Crippen molar-refractivity contribution < 1.29 is 10.0 Å². The van der Waals surface area contributed by atoms with Crippen LogP contribution in [0, 0.1) is 0 Å². The molecule has 0 heterocycles. The Morgan fingerprint density at radius 3 is 2.23 bits per heavy atom. The van der Waals surface area contributed by atoms with Crippen molar-refractivity contribution in [3.8, 4) is 0 Å². The molecule has 0 saturated heterocycles. The van der Waals surface area contributed by atoms with Crippen LogP contribution in [0.3, 0.4) is 0 Å². The summed E-state index contributed by atoms with van der Waals surface area (Å²) in [5.41, 5.74) is 2.54. The zero-order valence-corrected chi connectivity index (χ0v) is 8.75. The van der Waals surface area contributed by atoms with Crippen LogP contribution in [-0.2, 0) is 0 Å². The molecule has 0 aromatic carbocycles. The molecular formula is C10H19BO2. The van der Waals surface area contributed by atoms with E-state index in [0.717, 1.165) is 12.8 Å². The van der Waals surface area contributed by atoms with Gasteiger partial charge in [0.15, 0.2) is 0 Å². The Kier molecular flexibility index (Phi) is 6.64. The first-order valence-corrected chi connectivity index (χ1v) is 4.67. The van der Waals surface area contributed by atoms with Gasteiger partial charge in [0.2, 0.25) is 0 Å². The van der Waals surface area contributed by atoms with Crippen molar-refractivity contribution in [1.29, 1.82) is 0 Å². The molecule has 0 fully saturated rings. The van der Waals surface area contributed by atoms with Gasteiger partial charge in [-0.25, -0.2) is 0 Å². The summed E-state index contributed by atoms with van der Waals surface area (Å²) in [7, 11) is -1.21. The maximum atomic E-state index is 8.61. The Morgan fingerprint density at radius 1 is 1.15 bits per heavy atom. The normalized spacial score (nSPS) is 11.3. The lowest BCUT2D eigenvalue weighted by Crippen LogP contribution is -2.08. The van der Waals surface area contributed by atoms with Crippen molar-refractivity contribution in [1.82, 2.24) is 0 Å². The molecule has 0 rings (SSSR count). The largest absolute Gasteiger partial charge is 0.455 e.